The molecule has 0 aliphatic carbocycles. The molecule has 2 nitrogen and oxygen atoms in total. The molecule has 0 bridgehead atoms. The number of hydrogen-bond donors (Lipinski definition) is 0. The molecule has 1 aliphatic rings. The van der Waals surface area contributed by atoms with Crippen molar-refractivity contribution in [3.63, 3.8) is 0 Å². The van der Waals surface area contributed by atoms with Crippen LogP contribution in [0.3, 0.4) is 0 Å². The Labute approximate surface area is 116 Å². The summed E-state index contributed by atoms with van der Waals surface area (Å²) < 4.78 is 0. The van der Waals surface area contributed by atoms with Crippen LogP contribution in [0.4, 0.5) is 0 Å². The first-order chi connectivity index (χ1) is 9.16. The van der Waals surface area contributed by atoms with Crippen molar-refractivity contribution < 1.29 is 4.79 Å². The molecule has 1 amide bonds. The van der Waals surface area contributed by atoms with Crippen molar-refractivity contribution >= 4 is 23.2 Å². The van der Waals surface area contributed by atoms with Gasteiger partial charge in [-0.3, -0.25) is 4.79 Å². The van der Waals surface area contributed by atoms with Gasteiger partial charge in [0.05, 0.1) is 5.71 Å². The van der Waals surface area contributed by atoms with Crippen LogP contribution < -0.4 is 0 Å². The summed E-state index contributed by atoms with van der Waals surface area (Å²) in [7, 11) is 0. The lowest BCUT2D eigenvalue weighted by molar-refractivity contribution is 0.1000. The van der Waals surface area contributed by atoms with Crippen LogP contribution in [0.15, 0.2) is 47.5 Å². The van der Waals surface area contributed by atoms with E-state index in [1.165, 1.54) is 0 Å². The lowest BCUT2D eigenvalue weighted by Crippen LogP contribution is -2.18. The van der Waals surface area contributed by atoms with Crippen molar-refractivity contribution in [3.8, 4) is 0 Å². The van der Waals surface area contributed by atoms with E-state index in [1.807, 2.05) is 49.4 Å². The SMILES string of the molecule is Cc1cccc2c1CC(c1ccccc1Cl)=NC2=O. The molecule has 1 aliphatic heterocycles. The Bertz CT molecular complexity index is 704. The molecular formula is C16H12ClNO. The summed E-state index contributed by atoms with van der Waals surface area (Å²) in [5.41, 5.74) is 4.46. The molecule has 0 N–H and O–H groups in total. The minimum atomic E-state index is -0.181. The maximum Gasteiger partial charge on any atom is 0.277 e. The number of fused-ring (bicyclic) bond motifs is 1. The Kier molecular flexibility index (Phi) is 2.96. The number of aryl methyl sites for hydroxylation is 1. The third kappa shape index (κ3) is 2.08. The van der Waals surface area contributed by atoms with Gasteiger partial charge in [-0.15, -0.1) is 0 Å². The maximum absolute atomic E-state index is 12.1. The highest BCUT2D eigenvalue weighted by Gasteiger charge is 2.22. The largest absolute Gasteiger partial charge is 0.277 e. The van der Waals surface area contributed by atoms with Crippen molar-refractivity contribution in [1.29, 1.82) is 0 Å². The molecule has 3 heteroatoms. The first-order valence-corrected chi connectivity index (χ1v) is 6.50. The first kappa shape index (κ1) is 12.1. The highest BCUT2D eigenvalue weighted by atomic mass is 35.5. The summed E-state index contributed by atoms with van der Waals surface area (Å²) in [5, 5.41) is 0.631. The highest BCUT2D eigenvalue weighted by molar-refractivity contribution is 6.35. The number of nitrogens with zero attached hydrogens (tertiary/aromatic N) is 1. The van der Waals surface area contributed by atoms with Gasteiger partial charge in [-0.05, 0) is 30.2 Å². The Morgan fingerprint density at radius 3 is 2.58 bits per heavy atom. The summed E-state index contributed by atoms with van der Waals surface area (Å²) in [6.07, 6.45) is 0.650. The van der Waals surface area contributed by atoms with Gasteiger partial charge in [0.15, 0.2) is 0 Å². The smallest absolute Gasteiger partial charge is 0.267 e. The fourth-order valence-corrected chi connectivity index (χ4v) is 2.62. The zero-order chi connectivity index (χ0) is 13.4. The third-order valence-corrected chi connectivity index (χ3v) is 3.74. The van der Waals surface area contributed by atoms with Gasteiger partial charge in [-0.1, -0.05) is 41.9 Å². The monoisotopic (exact) mass is 269 g/mol. The molecule has 2 aromatic rings. The Balaban J connectivity index is 2.12. The van der Waals surface area contributed by atoms with Crippen LogP contribution in [-0.4, -0.2) is 11.6 Å². The van der Waals surface area contributed by atoms with E-state index < -0.39 is 0 Å². The second-order valence-corrected chi connectivity index (χ2v) is 5.03. The molecule has 0 fully saturated rings. The third-order valence-electron chi connectivity index (χ3n) is 3.41. The summed E-state index contributed by atoms with van der Waals surface area (Å²) >= 11 is 6.18. The van der Waals surface area contributed by atoms with Crippen LogP contribution in [-0.2, 0) is 6.42 Å². The molecular weight excluding hydrogens is 258 g/mol. The van der Waals surface area contributed by atoms with E-state index in [9.17, 15) is 4.79 Å². The molecule has 0 spiro atoms. The van der Waals surface area contributed by atoms with Crippen molar-refractivity contribution in [2.24, 2.45) is 4.99 Å². The van der Waals surface area contributed by atoms with E-state index in [4.69, 9.17) is 11.6 Å². The lowest BCUT2D eigenvalue weighted by Gasteiger charge is -2.17. The van der Waals surface area contributed by atoms with Gasteiger partial charge in [0, 0.05) is 22.6 Å². The van der Waals surface area contributed by atoms with Gasteiger partial charge in [-0.25, -0.2) is 4.99 Å². The molecule has 1 heterocycles. The average Bonchev–Trinajstić information content (AvgIpc) is 2.40. The fraction of sp³-hybridized carbons (Fsp3) is 0.125. The lowest BCUT2D eigenvalue weighted by atomic mass is 9.91. The minimum Gasteiger partial charge on any atom is -0.267 e. The summed E-state index contributed by atoms with van der Waals surface area (Å²) in [6.45, 7) is 2.02. The standard InChI is InChI=1S/C16H12ClNO/c1-10-5-4-7-11-13(10)9-15(18-16(11)19)12-6-2-3-8-14(12)17/h2-8H,9H2,1H3. The van der Waals surface area contributed by atoms with Gasteiger partial charge in [0.2, 0.25) is 0 Å². The molecule has 0 saturated carbocycles. The molecule has 3 rings (SSSR count). The van der Waals surface area contributed by atoms with Gasteiger partial charge in [-0.2, -0.15) is 0 Å². The van der Waals surface area contributed by atoms with E-state index in [-0.39, 0.29) is 5.91 Å². The Hall–Kier alpha value is -1.93. The number of benzene rings is 2. The molecule has 0 atom stereocenters. The number of hydrogen-bond acceptors (Lipinski definition) is 1. The number of aliphatic imine (C=N–C) groups is 1. The second kappa shape index (κ2) is 4.63. The van der Waals surface area contributed by atoms with Crippen LogP contribution in [0.1, 0.15) is 27.0 Å². The number of halogens is 1. The highest BCUT2D eigenvalue weighted by Crippen LogP contribution is 2.25. The van der Waals surface area contributed by atoms with Crippen LogP contribution in [0.25, 0.3) is 0 Å². The van der Waals surface area contributed by atoms with Gasteiger partial charge < -0.3 is 0 Å². The molecule has 0 aromatic heterocycles. The topological polar surface area (TPSA) is 29.4 Å². The van der Waals surface area contributed by atoms with E-state index in [1.54, 1.807) is 0 Å². The van der Waals surface area contributed by atoms with Gasteiger partial charge in [0.1, 0.15) is 0 Å². The van der Waals surface area contributed by atoms with Crippen LogP contribution in [0.5, 0.6) is 0 Å². The molecule has 94 valence electrons. The summed E-state index contributed by atoms with van der Waals surface area (Å²) in [5.74, 6) is -0.181. The summed E-state index contributed by atoms with van der Waals surface area (Å²) in [4.78, 5) is 16.3. The average molecular weight is 270 g/mol. The van der Waals surface area contributed by atoms with E-state index in [2.05, 4.69) is 4.99 Å². The van der Waals surface area contributed by atoms with Crippen LogP contribution in [0.2, 0.25) is 5.02 Å². The zero-order valence-electron chi connectivity index (χ0n) is 10.5. The van der Waals surface area contributed by atoms with Crippen molar-refractivity contribution in [1.82, 2.24) is 0 Å². The fourth-order valence-electron chi connectivity index (χ4n) is 2.38. The number of carbonyl (C=O) groups is 1. The van der Waals surface area contributed by atoms with Gasteiger partial charge >= 0.3 is 0 Å². The molecule has 0 radical (unpaired) electrons. The van der Waals surface area contributed by atoms with Crippen LogP contribution in [0, 0.1) is 6.92 Å². The van der Waals surface area contributed by atoms with Crippen molar-refractivity contribution in [2.45, 2.75) is 13.3 Å². The van der Waals surface area contributed by atoms with Gasteiger partial charge in [0.25, 0.3) is 5.91 Å². The number of rotatable bonds is 1. The van der Waals surface area contributed by atoms with Crippen molar-refractivity contribution in [2.75, 3.05) is 0 Å². The quantitative estimate of drug-likeness (QED) is 0.773. The number of amides is 1. The molecule has 19 heavy (non-hydrogen) atoms. The first-order valence-electron chi connectivity index (χ1n) is 6.12. The number of carbonyl (C=O) groups excluding carboxylic acids is 1. The second-order valence-electron chi connectivity index (χ2n) is 4.62. The predicted octanol–water partition coefficient (Wildman–Crippen LogP) is 3.83. The predicted molar refractivity (Wildman–Crippen MR) is 77.2 cm³/mol. The molecule has 0 unspecified atom stereocenters. The van der Waals surface area contributed by atoms with Crippen LogP contribution >= 0.6 is 11.6 Å². The normalized spacial score (nSPS) is 14.0. The zero-order valence-corrected chi connectivity index (χ0v) is 11.2. The minimum absolute atomic E-state index is 0.181. The maximum atomic E-state index is 12.1. The van der Waals surface area contributed by atoms with E-state index in [0.717, 1.165) is 22.4 Å². The van der Waals surface area contributed by atoms with E-state index in [0.29, 0.717) is 17.0 Å². The Morgan fingerprint density at radius 1 is 1.05 bits per heavy atom. The summed E-state index contributed by atoms with van der Waals surface area (Å²) in [6, 6.07) is 13.2. The molecule has 2 aromatic carbocycles. The van der Waals surface area contributed by atoms with Crippen molar-refractivity contribution in [3.05, 3.63) is 69.7 Å². The Morgan fingerprint density at radius 2 is 1.79 bits per heavy atom. The van der Waals surface area contributed by atoms with E-state index >= 15 is 0 Å². The molecule has 0 saturated heterocycles.